The Balaban J connectivity index is 2.00. The number of nitrogens with two attached hydrogens (primary N) is 1. The summed E-state index contributed by atoms with van der Waals surface area (Å²) < 4.78 is 10.7. The van der Waals surface area contributed by atoms with Crippen LogP contribution in [0.4, 0.5) is 10.5 Å². The molecule has 0 heterocycles. The molecular weight excluding hydrogens is 322 g/mol. The minimum absolute atomic E-state index is 0.219. The molecule has 2 aromatic rings. The molecule has 0 unspecified atom stereocenters. The molecule has 0 atom stereocenters. The summed E-state index contributed by atoms with van der Waals surface area (Å²) in [6.07, 6.45) is 0. The van der Waals surface area contributed by atoms with Gasteiger partial charge in [-0.1, -0.05) is 12.1 Å². The molecule has 7 nitrogen and oxygen atoms in total. The lowest BCUT2D eigenvalue weighted by molar-refractivity contribution is 0.0950. The van der Waals surface area contributed by atoms with Crippen molar-refractivity contribution in [1.29, 1.82) is 0 Å². The Labute approximate surface area is 146 Å². The lowest BCUT2D eigenvalue weighted by Crippen LogP contribution is -2.23. The van der Waals surface area contributed by atoms with Crippen molar-refractivity contribution in [2.45, 2.75) is 13.5 Å². The van der Waals surface area contributed by atoms with Gasteiger partial charge in [0.05, 0.1) is 13.7 Å². The van der Waals surface area contributed by atoms with E-state index in [2.05, 4.69) is 10.6 Å². The minimum Gasteiger partial charge on any atom is -0.493 e. The lowest BCUT2D eigenvalue weighted by atomic mass is 10.1. The van der Waals surface area contributed by atoms with Gasteiger partial charge in [0.1, 0.15) is 0 Å². The van der Waals surface area contributed by atoms with Crippen molar-refractivity contribution in [2.24, 2.45) is 5.73 Å². The van der Waals surface area contributed by atoms with Crippen LogP contribution in [0.5, 0.6) is 11.5 Å². The number of amides is 3. The van der Waals surface area contributed by atoms with E-state index in [-0.39, 0.29) is 5.91 Å². The van der Waals surface area contributed by atoms with E-state index in [1.54, 1.807) is 49.6 Å². The number of ether oxygens (including phenoxy) is 2. The number of carbonyl (C=O) groups is 2. The van der Waals surface area contributed by atoms with Crippen molar-refractivity contribution in [3.8, 4) is 11.5 Å². The molecule has 0 aliphatic heterocycles. The van der Waals surface area contributed by atoms with Crippen LogP contribution in [0.15, 0.2) is 42.5 Å². The van der Waals surface area contributed by atoms with Crippen molar-refractivity contribution in [2.75, 3.05) is 19.0 Å². The van der Waals surface area contributed by atoms with Crippen LogP contribution in [0, 0.1) is 0 Å². The number of urea groups is 1. The average Bonchev–Trinajstić information content (AvgIpc) is 2.60. The fourth-order valence-corrected chi connectivity index (χ4v) is 2.22. The zero-order valence-electron chi connectivity index (χ0n) is 14.2. The Hall–Kier alpha value is -3.22. The number of benzene rings is 2. The van der Waals surface area contributed by atoms with E-state index in [1.807, 2.05) is 6.92 Å². The third kappa shape index (κ3) is 5.13. The van der Waals surface area contributed by atoms with E-state index in [0.29, 0.717) is 35.9 Å². The molecule has 0 saturated heterocycles. The second kappa shape index (κ2) is 8.58. The number of carbonyl (C=O) groups excluding carboxylic acids is 2. The highest BCUT2D eigenvalue weighted by molar-refractivity contribution is 5.94. The van der Waals surface area contributed by atoms with E-state index in [0.717, 1.165) is 5.56 Å². The highest BCUT2D eigenvalue weighted by atomic mass is 16.5. The van der Waals surface area contributed by atoms with Gasteiger partial charge in [-0.05, 0) is 42.8 Å². The zero-order chi connectivity index (χ0) is 18.2. The SMILES string of the molecule is CCOc1cc(C(=O)NCc2ccc(NC(N)=O)cc2)ccc1OC. The second-order valence-electron chi connectivity index (χ2n) is 5.17. The standard InChI is InChI=1S/C18H21N3O4/c1-3-25-16-10-13(6-9-15(16)24-2)17(22)20-11-12-4-7-14(8-5-12)21-18(19)23/h4-10H,3,11H2,1-2H3,(H,20,22)(H3,19,21,23). The first kappa shape index (κ1) is 18.1. The maximum atomic E-state index is 12.3. The van der Waals surface area contributed by atoms with Gasteiger partial charge in [-0.3, -0.25) is 4.79 Å². The maximum absolute atomic E-state index is 12.3. The Morgan fingerprint density at radius 3 is 2.40 bits per heavy atom. The number of nitrogens with one attached hydrogen (secondary N) is 2. The van der Waals surface area contributed by atoms with E-state index < -0.39 is 6.03 Å². The van der Waals surface area contributed by atoms with Crippen LogP contribution in [0.2, 0.25) is 0 Å². The number of methoxy groups -OCH3 is 1. The van der Waals surface area contributed by atoms with E-state index in [1.165, 1.54) is 0 Å². The Kier molecular flexibility index (Phi) is 6.22. The summed E-state index contributed by atoms with van der Waals surface area (Å²) in [6.45, 7) is 2.70. The average molecular weight is 343 g/mol. The summed E-state index contributed by atoms with van der Waals surface area (Å²) in [6, 6.07) is 11.4. The van der Waals surface area contributed by atoms with Gasteiger partial charge in [0.25, 0.3) is 5.91 Å². The van der Waals surface area contributed by atoms with Gasteiger partial charge in [0.15, 0.2) is 11.5 Å². The monoisotopic (exact) mass is 343 g/mol. The fourth-order valence-electron chi connectivity index (χ4n) is 2.22. The quantitative estimate of drug-likeness (QED) is 0.719. The maximum Gasteiger partial charge on any atom is 0.316 e. The number of anilines is 1. The van der Waals surface area contributed by atoms with Gasteiger partial charge in [-0.25, -0.2) is 4.79 Å². The van der Waals surface area contributed by atoms with Crippen LogP contribution < -0.4 is 25.8 Å². The fraction of sp³-hybridized carbons (Fsp3) is 0.222. The third-order valence-corrected chi connectivity index (χ3v) is 3.40. The van der Waals surface area contributed by atoms with Gasteiger partial charge in [-0.2, -0.15) is 0 Å². The molecule has 3 amide bonds. The molecule has 0 aliphatic carbocycles. The first-order valence-corrected chi connectivity index (χ1v) is 7.78. The highest BCUT2D eigenvalue weighted by Gasteiger charge is 2.11. The van der Waals surface area contributed by atoms with E-state index in [9.17, 15) is 9.59 Å². The molecule has 4 N–H and O–H groups in total. The lowest BCUT2D eigenvalue weighted by Gasteiger charge is -2.11. The van der Waals surface area contributed by atoms with Gasteiger partial charge in [0.2, 0.25) is 0 Å². The van der Waals surface area contributed by atoms with Crippen molar-refractivity contribution in [1.82, 2.24) is 5.32 Å². The number of hydrogen-bond acceptors (Lipinski definition) is 4. The number of rotatable bonds is 7. The number of primary amides is 1. The molecule has 0 fully saturated rings. The Morgan fingerprint density at radius 1 is 1.08 bits per heavy atom. The summed E-state index contributed by atoms with van der Waals surface area (Å²) >= 11 is 0. The van der Waals surface area contributed by atoms with Gasteiger partial charge in [0, 0.05) is 17.8 Å². The Bertz CT molecular complexity index is 744. The smallest absolute Gasteiger partial charge is 0.316 e. The largest absolute Gasteiger partial charge is 0.493 e. The van der Waals surface area contributed by atoms with Crippen LogP contribution in [0.25, 0.3) is 0 Å². The molecular formula is C18H21N3O4. The van der Waals surface area contributed by atoms with Gasteiger partial charge in [-0.15, -0.1) is 0 Å². The topological polar surface area (TPSA) is 103 Å². The predicted molar refractivity (Wildman–Crippen MR) is 95.0 cm³/mol. The van der Waals surface area contributed by atoms with Crippen LogP contribution in [-0.2, 0) is 6.54 Å². The molecule has 2 rings (SSSR count). The molecule has 0 aromatic heterocycles. The summed E-state index contributed by atoms with van der Waals surface area (Å²) in [5.74, 6) is 0.887. The molecule has 0 bridgehead atoms. The molecule has 0 saturated carbocycles. The summed E-state index contributed by atoms with van der Waals surface area (Å²) in [7, 11) is 1.55. The van der Waals surface area contributed by atoms with Crippen LogP contribution >= 0.6 is 0 Å². The second-order valence-corrected chi connectivity index (χ2v) is 5.17. The molecule has 7 heteroatoms. The first-order valence-electron chi connectivity index (χ1n) is 7.78. The first-order chi connectivity index (χ1) is 12.0. The van der Waals surface area contributed by atoms with Gasteiger partial charge >= 0.3 is 6.03 Å². The van der Waals surface area contributed by atoms with Crippen LogP contribution in [0.3, 0.4) is 0 Å². The van der Waals surface area contributed by atoms with Crippen molar-refractivity contribution in [3.05, 3.63) is 53.6 Å². The highest BCUT2D eigenvalue weighted by Crippen LogP contribution is 2.28. The Morgan fingerprint density at radius 2 is 1.80 bits per heavy atom. The molecule has 0 radical (unpaired) electrons. The summed E-state index contributed by atoms with van der Waals surface area (Å²) in [4.78, 5) is 23.1. The molecule has 2 aromatic carbocycles. The van der Waals surface area contributed by atoms with E-state index in [4.69, 9.17) is 15.2 Å². The zero-order valence-corrected chi connectivity index (χ0v) is 14.2. The van der Waals surface area contributed by atoms with Crippen molar-refractivity contribution in [3.63, 3.8) is 0 Å². The van der Waals surface area contributed by atoms with Crippen LogP contribution in [0.1, 0.15) is 22.8 Å². The molecule has 0 aliphatic rings. The summed E-state index contributed by atoms with van der Waals surface area (Å²) in [5.41, 5.74) is 7.02. The van der Waals surface area contributed by atoms with Crippen molar-refractivity contribution < 1.29 is 19.1 Å². The molecule has 132 valence electrons. The third-order valence-electron chi connectivity index (χ3n) is 3.40. The van der Waals surface area contributed by atoms with Crippen molar-refractivity contribution >= 4 is 17.6 Å². The predicted octanol–water partition coefficient (Wildman–Crippen LogP) is 2.51. The normalized spacial score (nSPS) is 10.0. The van der Waals surface area contributed by atoms with Crippen LogP contribution in [-0.4, -0.2) is 25.7 Å². The minimum atomic E-state index is -0.620. The summed E-state index contributed by atoms with van der Waals surface area (Å²) in [5, 5.41) is 5.31. The van der Waals surface area contributed by atoms with E-state index >= 15 is 0 Å². The number of hydrogen-bond donors (Lipinski definition) is 3. The molecule has 0 spiro atoms. The van der Waals surface area contributed by atoms with Gasteiger partial charge < -0.3 is 25.8 Å². The molecule has 25 heavy (non-hydrogen) atoms.